The second-order valence-electron chi connectivity index (χ2n) is 7.07. The molecule has 8 heteroatoms. The molecule has 3 aromatic heterocycles. The third kappa shape index (κ3) is 4.78. The van der Waals surface area contributed by atoms with Gasteiger partial charge in [0.1, 0.15) is 34.5 Å². The minimum absolute atomic E-state index is 0.572. The summed E-state index contributed by atoms with van der Waals surface area (Å²) in [4.78, 5) is 6.78. The molecule has 2 N–H and O–H groups in total. The number of nitrogens with zero attached hydrogens (tertiary/aromatic N) is 1. The first-order valence-corrected chi connectivity index (χ1v) is 13.2. The SMILES string of the molecule is CCCC[S+]([O-])c1sc2nc(-c3cccs3)cc(-c3ccc(O/C=C/OC)cc3)c2c1N. The molecule has 0 radical (unpaired) electrons. The highest BCUT2D eigenvalue weighted by Crippen LogP contribution is 2.44. The molecule has 166 valence electrons. The van der Waals surface area contributed by atoms with Crippen LogP contribution in [0.1, 0.15) is 19.8 Å². The van der Waals surface area contributed by atoms with Gasteiger partial charge in [0.15, 0.2) is 0 Å². The lowest BCUT2D eigenvalue weighted by atomic mass is 10.0. The van der Waals surface area contributed by atoms with Crippen LogP contribution in [0.4, 0.5) is 5.69 Å². The smallest absolute Gasteiger partial charge is 0.232 e. The molecule has 1 aromatic carbocycles. The number of pyridine rings is 1. The van der Waals surface area contributed by atoms with Crippen LogP contribution >= 0.6 is 22.7 Å². The van der Waals surface area contributed by atoms with Crippen LogP contribution in [-0.4, -0.2) is 22.4 Å². The van der Waals surface area contributed by atoms with Gasteiger partial charge in [-0.2, -0.15) is 0 Å². The number of aromatic nitrogens is 1. The van der Waals surface area contributed by atoms with E-state index in [1.165, 1.54) is 23.9 Å². The highest BCUT2D eigenvalue weighted by molar-refractivity contribution is 7.93. The quantitative estimate of drug-likeness (QED) is 0.212. The number of ether oxygens (including phenoxy) is 2. The lowest BCUT2D eigenvalue weighted by Gasteiger charge is -2.10. The maximum Gasteiger partial charge on any atom is 0.232 e. The number of benzene rings is 1. The van der Waals surface area contributed by atoms with Crippen LogP contribution in [0, 0.1) is 0 Å². The molecule has 0 fully saturated rings. The van der Waals surface area contributed by atoms with Crippen molar-refractivity contribution in [3.05, 3.63) is 60.4 Å². The fraction of sp³-hybridized carbons (Fsp3) is 0.208. The number of anilines is 1. The van der Waals surface area contributed by atoms with E-state index in [9.17, 15) is 4.55 Å². The van der Waals surface area contributed by atoms with Gasteiger partial charge in [-0.05, 0) is 58.4 Å². The first kappa shape index (κ1) is 22.7. The van der Waals surface area contributed by atoms with Crippen LogP contribution in [0.3, 0.4) is 0 Å². The van der Waals surface area contributed by atoms with E-state index in [2.05, 4.69) is 19.1 Å². The Hall–Kier alpha value is -2.52. The van der Waals surface area contributed by atoms with Gasteiger partial charge in [0.05, 0.1) is 17.7 Å². The first-order chi connectivity index (χ1) is 15.6. The van der Waals surface area contributed by atoms with E-state index in [0.29, 0.717) is 17.2 Å². The van der Waals surface area contributed by atoms with Crippen molar-refractivity contribution in [3.8, 4) is 27.4 Å². The molecule has 0 bridgehead atoms. The Bertz CT molecular complexity index is 1200. The van der Waals surface area contributed by atoms with Crippen LogP contribution < -0.4 is 10.5 Å². The van der Waals surface area contributed by atoms with Gasteiger partial charge in [0, 0.05) is 5.39 Å². The molecule has 5 nitrogen and oxygen atoms in total. The Morgan fingerprint density at radius 2 is 2.00 bits per heavy atom. The Morgan fingerprint density at radius 1 is 1.19 bits per heavy atom. The van der Waals surface area contributed by atoms with Gasteiger partial charge in [0.2, 0.25) is 4.21 Å². The van der Waals surface area contributed by atoms with Crippen LogP contribution in [0.5, 0.6) is 5.75 Å². The molecule has 1 atom stereocenters. The van der Waals surface area contributed by atoms with Crippen LogP contribution in [0.15, 0.2) is 64.6 Å². The Balaban J connectivity index is 1.82. The number of hydrogen-bond donors (Lipinski definition) is 1. The minimum Gasteiger partial charge on any atom is -0.611 e. The fourth-order valence-electron chi connectivity index (χ4n) is 3.29. The number of nitrogens with two attached hydrogens (primary N) is 1. The summed E-state index contributed by atoms with van der Waals surface area (Å²) >= 11 is 1.95. The van der Waals surface area contributed by atoms with Crippen molar-refractivity contribution >= 4 is 49.8 Å². The third-order valence-electron chi connectivity index (χ3n) is 4.89. The molecule has 0 aliphatic carbocycles. The van der Waals surface area contributed by atoms with Crippen molar-refractivity contribution in [3.63, 3.8) is 0 Å². The van der Waals surface area contributed by atoms with E-state index in [-0.39, 0.29) is 0 Å². The Kier molecular flexibility index (Phi) is 7.36. The first-order valence-electron chi connectivity index (χ1n) is 10.2. The van der Waals surface area contributed by atoms with Gasteiger partial charge in [-0.1, -0.05) is 42.9 Å². The summed E-state index contributed by atoms with van der Waals surface area (Å²) in [7, 11) is 1.57. The standard InChI is InChI=1S/C24H24N2O3S3/c1-3-4-14-32(27)24-22(25)21-18(16-7-9-17(10-8-16)29-12-11-28-2)15-19(26-23(21)31-24)20-6-5-13-30-20/h5-13,15H,3-4,14,25H2,1-2H3/b12-11+. The molecule has 0 amide bonds. The van der Waals surface area contributed by atoms with Crippen molar-refractivity contribution in [1.82, 2.24) is 4.98 Å². The molecule has 0 aliphatic rings. The van der Waals surface area contributed by atoms with Gasteiger partial charge in [-0.15, -0.1) is 11.3 Å². The summed E-state index contributed by atoms with van der Waals surface area (Å²) < 4.78 is 24.0. The number of hydrogen-bond acceptors (Lipinski definition) is 7. The van der Waals surface area contributed by atoms with E-state index < -0.39 is 11.2 Å². The molecular formula is C24H24N2O3S3. The minimum atomic E-state index is -1.13. The molecule has 0 saturated carbocycles. The summed E-state index contributed by atoms with van der Waals surface area (Å²) in [5, 5.41) is 2.90. The molecule has 0 aliphatic heterocycles. The van der Waals surface area contributed by atoms with Gasteiger partial charge in [0.25, 0.3) is 0 Å². The molecule has 1 unspecified atom stereocenters. The maximum absolute atomic E-state index is 12.9. The monoisotopic (exact) mass is 484 g/mol. The summed E-state index contributed by atoms with van der Waals surface area (Å²) in [6, 6.07) is 13.9. The van der Waals surface area contributed by atoms with Crippen molar-refractivity contribution in [2.24, 2.45) is 0 Å². The number of thiophene rings is 2. The topological polar surface area (TPSA) is 80.4 Å². The molecule has 0 spiro atoms. The van der Waals surface area contributed by atoms with Gasteiger partial charge < -0.3 is 19.8 Å². The Labute approximate surface area is 198 Å². The number of unbranched alkanes of at least 4 members (excludes halogenated alkanes) is 1. The average molecular weight is 485 g/mol. The fourth-order valence-corrected chi connectivity index (χ4v) is 6.77. The number of methoxy groups -OCH3 is 1. The van der Waals surface area contributed by atoms with Gasteiger partial charge in [-0.3, -0.25) is 0 Å². The number of fused-ring (bicyclic) bond motifs is 1. The Morgan fingerprint density at radius 3 is 2.69 bits per heavy atom. The highest BCUT2D eigenvalue weighted by atomic mass is 32.2. The summed E-state index contributed by atoms with van der Waals surface area (Å²) in [6.45, 7) is 2.09. The van der Waals surface area contributed by atoms with Crippen LogP contribution in [-0.2, 0) is 15.9 Å². The van der Waals surface area contributed by atoms with Crippen LogP contribution in [0.2, 0.25) is 0 Å². The zero-order chi connectivity index (χ0) is 22.5. The van der Waals surface area contributed by atoms with E-state index in [0.717, 1.165) is 49.0 Å². The molecule has 4 aromatic rings. The highest BCUT2D eigenvalue weighted by Gasteiger charge is 2.24. The van der Waals surface area contributed by atoms with E-state index >= 15 is 0 Å². The second kappa shape index (κ2) is 10.4. The van der Waals surface area contributed by atoms with E-state index in [1.807, 2.05) is 35.7 Å². The lowest BCUT2D eigenvalue weighted by Crippen LogP contribution is -2.06. The zero-order valence-corrected chi connectivity index (χ0v) is 20.3. The molecule has 4 rings (SSSR count). The zero-order valence-electron chi connectivity index (χ0n) is 17.9. The largest absolute Gasteiger partial charge is 0.611 e. The second-order valence-corrected chi connectivity index (χ2v) is 10.8. The van der Waals surface area contributed by atoms with E-state index in [4.69, 9.17) is 20.2 Å². The lowest BCUT2D eigenvalue weighted by molar-refractivity contribution is 0.319. The maximum atomic E-state index is 12.9. The molecule has 3 heterocycles. The predicted octanol–water partition coefficient (Wildman–Crippen LogP) is 6.68. The molecule has 32 heavy (non-hydrogen) atoms. The van der Waals surface area contributed by atoms with Crippen molar-refractivity contribution < 1.29 is 14.0 Å². The van der Waals surface area contributed by atoms with Gasteiger partial charge >= 0.3 is 0 Å². The average Bonchev–Trinajstić information content (AvgIpc) is 3.46. The van der Waals surface area contributed by atoms with Gasteiger partial charge in [-0.25, -0.2) is 4.98 Å². The molecular weight excluding hydrogens is 460 g/mol. The number of rotatable bonds is 9. The normalized spacial score (nSPS) is 12.5. The van der Waals surface area contributed by atoms with E-state index in [1.54, 1.807) is 18.4 Å². The number of nitrogen functional groups attached to an aromatic ring is 1. The van der Waals surface area contributed by atoms with Crippen molar-refractivity contribution in [2.75, 3.05) is 18.6 Å². The molecule has 0 saturated heterocycles. The van der Waals surface area contributed by atoms with Crippen molar-refractivity contribution in [1.29, 1.82) is 0 Å². The van der Waals surface area contributed by atoms with Crippen LogP contribution in [0.25, 0.3) is 31.9 Å². The third-order valence-corrected chi connectivity index (χ3v) is 8.78. The summed E-state index contributed by atoms with van der Waals surface area (Å²) in [5.41, 5.74) is 9.99. The summed E-state index contributed by atoms with van der Waals surface area (Å²) in [5.74, 6) is 1.31. The predicted molar refractivity (Wildman–Crippen MR) is 136 cm³/mol. The summed E-state index contributed by atoms with van der Waals surface area (Å²) in [6.07, 6.45) is 4.86. The van der Waals surface area contributed by atoms with Crippen molar-refractivity contribution in [2.45, 2.75) is 24.0 Å².